The molecular formula is C20H25FN2O. The Bertz CT molecular complexity index is 693. The van der Waals surface area contributed by atoms with E-state index in [1.54, 1.807) is 18.2 Å². The van der Waals surface area contributed by atoms with Crippen molar-refractivity contribution in [1.82, 2.24) is 5.32 Å². The van der Waals surface area contributed by atoms with E-state index in [2.05, 4.69) is 5.32 Å². The molecule has 0 fully saturated rings. The second-order valence-electron chi connectivity index (χ2n) is 6.71. The molecule has 0 saturated carbocycles. The summed E-state index contributed by atoms with van der Waals surface area (Å²) in [6.07, 6.45) is 1.03. The number of nitrogens with one attached hydrogen (secondary N) is 1. The predicted octanol–water partition coefficient (Wildman–Crippen LogP) is 3.88. The molecule has 0 aromatic heterocycles. The third-order valence-corrected chi connectivity index (χ3v) is 4.09. The minimum Gasteiger partial charge on any atom is -0.378 e. The van der Waals surface area contributed by atoms with Gasteiger partial charge in [0.05, 0.1) is 5.54 Å². The van der Waals surface area contributed by atoms with Gasteiger partial charge in [-0.2, -0.15) is 0 Å². The summed E-state index contributed by atoms with van der Waals surface area (Å²) in [6, 6.07) is 14.7. The topological polar surface area (TPSA) is 32.3 Å². The molecule has 0 aliphatic carbocycles. The van der Waals surface area contributed by atoms with Crippen LogP contribution in [0.1, 0.15) is 31.4 Å². The number of benzene rings is 2. The summed E-state index contributed by atoms with van der Waals surface area (Å²) in [5, 5.41) is 2.93. The molecular weight excluding hydrogens is 303 g/mol. The van der Waals surface area contributed by atoms with Gasteiger partial charge >= 0.3 is 0 Å². The average molecular weight is 328 g/mol. The number of nitrogens with zero attached hydrogens (tertiary/aromatic N) is 1. The number of amides is 1. The van der Waals surface area contributed by atoms with E-state index in [0.29, 0.717) is 18.4 Å². The molecule has 0 aliphatic heterocycles. The van der Waals surface area contributed by atoms with Crippen LogP contribution >= 0.6 is 0 Å². The van der Waals surface area contributed by atoms with Gasteiger partial charge in [0.1, 0.15) is 5.82 Å². The molecule has 4 heteroatoms. The summed E-state index contributed by atoms with van der Waals surface area (Å²) in [7, 11) is 3.99. The normalized spacial score (nSPS) is 11.2. The standard InChI is InChI=1S/C20H25FN2O/c1-20(2,17-7-5-6-8-18(17)21)22-19(24)14-11-15-9-12-16(13-10-15)23(3)4/h5-10,12-13H,11,14H2,1-4H3,(H,22,24). The van der Waals surface area contributed by atoms with Crippen LogP contribution in [-0.4, -0.2) is 20.0 Å². The van der Waals surface area contributed by atoms with E-state index < -0.39 is 5.54 Å². The predicted molar refractivity (Wildman–Crippen MR) is 96.7 cm³/mol. The molecule has 0 bridgehead atoms. The van der Waals surface area contributed by atoms with E-state index in [0.717, 1.165) is 11.3 Å². The third-order valence-electron chi connectivity index (χ3n) is 4.09. The molecule has 0 spiro atoms. The van der Waals surface area contributed by atoms with Gasteiger partial charge in [-0.15, -0.1) is 0 Å². The number of hydrogen-bond acceptors (Lipinski definition) is 2. The Morgan fingerprint density at radius 2 is 1.71 bits per heavy atom. The Kier molecular flexibility index (Phi) is 5.60. The van der Waals surface area contributed by atoms with E-state index in [4.69, 9.17) is 0 Å². The zero-order chi connectivity index (χ0) is 17.7. The molecule has 2 rings (SSSR count). The molecule has 1 N–H and O–H groups in total. The number of hydrogen-bond donors (Lipinski definition) is 1. The molecule has 1 amide bonds. The second kappa shape index (κ2) is 7.47. The highest BCUT2D eigenvalue weighted by atomic mass is 19.1. The van der Waals surface area contributed by atoms with Crippen LogP contribution in [0.25, 0.3) is 0 Å². The zero-order valence-corrected chi connectivity index (χ0v) is 14.8. The van der Waals surface area contributed by atoms with Crippen LogP contribution in [0.5, 0.6) is 0 Å². The lowest BCUT2D eigenvalue weighted by Gasteiger charge is -2.27. The zero-order valence-electron chi connectivity index (χ0n) is 14.8. The summed E-state index contributed by atoms with van der Waals surface area (Å²) in [4.78, 5) is 14.3. The van der Waals surface area contributed by atoms with Crippen molar-refractivity contribution in [3.05, 3.63) is 65.5 Å². The van der Waals surface area contributed by atoms with E-state index in [1.165, 1.54) is 6.07 Å². The minimum absolute atomic E-state index is 0.0834. The fourth-order valence-corrected chi connectivity index (χ4v) is 2.67. The second-order valence-corrected chi connectivity index (χ2v) is 6.71. The van der Waals surface area contributed by atoms with Gasteiger partial charge in [0.15, 0.2) is 0 Å². The fourth-order valence-electron chi connectivity index (χ4n) is 2.67. The van der Waals surface area contributed by atoms with Gasteiger partial charge in [-0.3, -0.25) is 4.79 Å². The Morgan fingerprint density at radius 3 is 2.29 bits per heavy atom. The number of anilines is 1. The first-order valence-electron chi connectivity index (χ1n) is 8.12. The van der Waals surface area contributed by atoms with Crippen LogP contribution in [0.15, 0.2) is 48.5 Å². The number of rotatable bonds is 6. The molecule has 24 heavy (non-hydrogen) atoms. The molecule has 0 atom stereocenters. The van der Waals surface area contributed by atoms with E-state index in [1.807, 2.05) is 57.1 Å². The van der Waals surface area contributed by atoms with E-state index in [9.17, 15) is 9.18 Å². The quantitative estimate of drug-likeness (QED) is 0.873. The minimum atomic E-state index is -0.739. The fraction of sp³-hybridized carbons (Fsp3) is 0.350. The maximum absolute atomic E-state index is 13.9. The van der Waals surface area contributed by atoms with E-state index >= 15 is 0 Å². The first-order chi connectivity index (χ1) is 11.3. The molecule has 0 radical (unpaired) electrons. The van der Waals surface area contributed by atoms with E-state index in [-0.39, 0.29) is 11.7 Å². The van der Waals surface area contributed by atoms with Gasteiger partial charge in [-0.05, 0) is 44.0 Å². The summed E-state index contributed by atoms with van der Waals surface area (Å²) in [5.41, 5.74) is 1.99. The van der Waals surface area contributed by atoms with Crippen molar-refractivity contribution in [2.75, 3.05) is 19.0 Å². The number of aryl methyl sites for hydroxylation is 1. The molecule has 2 aromatic carbocycles. The number of carbonyl (C=O) groups excluding carboxylic acids is 1. The Morgan fingerprint density at radius 1 is 1.08 bits per heavy atom. The van der Waals surface area contributed by atoms with Crippen molar-refractivity contribution in [1.29, 1.82) is 0 Å². The van der Waals surface area contributed by atoms with Crippen molar-refractivity contribution in [3.8, 4) is 0 Å². The molecule has 2 aromatic rings. The summed E-state index contributed by atoms with van der Waals surface area (Å²) in [6.45, 7) is 3.63. The summed E-state index contributed by atoms with van der Waals surface area (Å²) >= 11 is 0. The molecule has 3 nitrogen and oxygen atoms in total. The molecule has 0 heterocycles. The van der Waals surface area contributed by atoms with Crippen molar-refractivity contribution in [2.45, 2.75) is 32.2 Å². The number of carbonyl (C=O) groups is 1. The Balaban J connectivity index is 1.94. The summed E-state index contributed by atoms with van der Waals surface area (Å²) in [5.74, 6) is -0.387. The SMILES string of the molecule is CN(C)c1ccc(CCC(=O)NC(C)(C)c2ccccc2F)cc1. The Hall–Kier alpha value is -2.36. The molecule has 0 aliphatic rings. The van der Waals surface area contributed by atoms with Crippen LogP contribution in [0.4, 0.5) is 10.1 Å². The van der Waals surface area contributed by atoms with Crippen molar-refractivity contribution >= 4 is 11.6 Å². The average Bonchev–Trinajstić information content (AvgIpc) is 2.53. The van der Waals surface area contributed by atoms with Gasteiger partial charge in [0.25, 0.3) is 0 Å². The lowest BCUT2D eigenvalue weighted by Crippen LogP contribution is -2.41. The van der Waals surface area contributed by atoms with Gasteiger partial charge in [0, 0.05) is 31.8 Å². The van der Waals surface area contributed by atoms with Crippen LogP contribution in [-0.2, 0) is 16.8 Å². The van der Waals surface area contributed by atoms with Gasteiger partial charge in [-0.25, -0.2) is 4.39 Å². The van der Waals surface area contributed by atoms with Gasteiger partial charge < -0.3 is 10.2 Å². The third kappa shape index (κ3) is 4.57. The first kappa shape index (κ1) is 18.0. The van der Waals surface area contributed by atoms with Gasteiger partial charge in [0.2, 0.25) is 5.91 Å². The monoisotopic (exact) mass is 328 g/mol. The van der Waals surface area contributed by atoms with Crippen molar-refractivity contribution in [3.63, 3.8) is 0 Å². The lowest BCUT2D eigenvalue weighted by atomic mass is 9.93. The van der Waals surface area contributed by atoms with Crippen LogP contribution in [0, 0.1) is 5.82 Å². The highest BCUT2D eigenvalue weighted by Crippen LogP contribution is 2.23. The maximum Gasteiger partial charge on any atom is 0.221 e. The summed E-state index contributed by atoms with van der Waals surface area (Å²) < 4.78 is 13.9. The highest BCUT2D eigenvalue weighted by molar-refractivity contribution is 5.77. The molecule has 0 unspecified atom stereocenters. The maximum atomic E-state index is 13.9. The van der Waals surface area contributed by atoms with Crippen molar-refractivity contribution < 1.29 is 9.18 Å². The van der Waals surface area contributed by atoms with Crippen LogP contribution < -0.4 is 10.2 Å². The first-order valence-corrected chi connectivity index (χ1v) is 8.12. The Labute approximate surface area is 143 Å². The van der Waals surface area contributed by atoms with Crippen LogP contribution in [0.3, 0.4) is 0 Å². The lowest BCUT2D eigenvalue weighted by molar-refractivity contribution is -0.122. The van der Waals surface area contributed by atoms with Crippen molar-refractivity contribution in [2.24, 2.45) is 0 Å². The number of halogens is 1. The molecule has 128 valence electrons. The largest absolute Gasteiger partial charge is 0.378 e. The smallest absolute Gasteiger partial charge is 0.221 e. The van der Waals surface area contributed by atoms with Crippen LogP contribution in [0.2, 0.25) is 0 Å². The highest BCUT2D eigenvalue weighted by Gasteiger charge is 2.25. The molecule has 0 saturated heterocycles. The van der Waals surface area contributed by atoms with Gasteiger partial charge in [-0.1, -0.05) is 30.3 Å².